The molecule has 4 aliphatic carbocycles. The van der Waals surface area contributed by atoms with Crippen LogP contribution in [0.4, 0.5) is 0 Å². The first-order valence-corrected chi connectivity index (χ1v) is 14.7. The number of carbonyl (C=O) groups is 2. The SMILES string of the molecule is CC1CCCCC(C2=CCCCCC2)=C1C(=O)OC(=O)C1=C(C2=CCCCCC2)CCCCC1C. The molecule has 0 aromatic heterocycles. The molecule has 0 spiro atoms. The van der Waals surface area contributed by atoms with Crippen molar-refractivity contribution in [3.05, 3.63) is 45.6 Å². The molecule has 4 rings (SSSR count). The lowest BCUT2D eigenvalue weighted by Crippen LogP contribution is -2.24. The predicted molar refractivity (Wildman–Crippen MR) is 143 cm³/mol. The molecule has 0 fully saturated rings. The van der Waals surface area contributed by atoms with Gasteiger partial charge in [0.25, 0.3) is 0 Å². The minimum Gasteiger partial charge on any atom is -0.386 e. The van der Waals surface area contributed by atoms with Crippen molar-refractivity contribution in [3.63, 3.8) is 0 Å². The lowest BCUT2D eigenvalue weighted by molar-refractivity contribution is -0.154. The standard InChI is InChI=1S/C32H46O3/c1-23-15-11-13-21-27(25-17-7-3-4-8-18-25)29(23)31(33)35-32(34)30-24(2)16-12-14-22-28(30)26-19-9-5-6-10-20-26/h17,19,23-24H,3-16,18,20-22H2,1-2H3. The van der Waals surface area contributed by atoms with Crippen LogP contribution < -0.4 is 0 Å². The first-order chi connectivity index (χ1) is 17.1. The summed E-state index contributed by atoms with van der Waals surface area (Å²) in [5.41, 5.74) is 6.68. The topological polar surface area (TPSA) is 43.4 Å². The van der Waals surface area contributed by atoms with Gasteiger partial charge in [0.05, 0.1) is 0 Å². The number of hydrogen-bond donors (Lipinski definition) is 0. The molecule has 2 atom stereocenters. The normalized spacial score (nSPS) is 27.1. The summed E-state index contributed by atoms with van der Waals surface area (Å²) in [6, 6.07) is 0. The molecule has 35 heavy (non-hydrogen) atoms. The van der Waals surface area contributed by atoms with E-state index in [-0.39, 0.29) is 23.8 Å². The molecule has 0 saturated heterocycles. The second kappa shape index (κ2) is 12.9. The Labute approximate surface area is 213 Å². The fourth-order valence-corrected chi connectivity index (χ4v) is 6.75. The zero-order chi connectivity index (χ0) is 24.6. The predicted octanol–water partition coefficient (Wildman–Crippen LogP) is 8.85. The number of ether oxygens (including phenoxy) is 1. The van der Waals surface area contributed by atoms with Crippen LogP contribution in [0, 0.1) is 11.8 Å². The largest absolute Gasteiger partial charge is 0.386 e. The van der Waals surface area contributed by atoms with Crippen molar-refractivity contribution < 1.29 is 14.3 Å². The van der Waals surface area contributed by atoms with Gasteiger partial charge in [-0.3, -0.25) is 0 Å². The molecule has 0 heterocycles. The van der Waals surface area contributed by atoms with E-state index in [1.165, 1.54) is 60.8 Å². The van der Waals surface area contributed by atoms with Gasteiger partial charge < -0.3 is 4.74 Å². The Balaban J connectivity index is 1.65. The quantitative estimate of drug-likeness (QED) is 0.299. The zero-order valence-electron chi connectivity index (χ0n) is 22.3. The molecule has 0 aromatic carbocycles. The van der Waals surface area contributed by atoms with Gasteiger partial charge in [-0.05, 0) is 124 Å². The molecule has 0 N–H and O–H groups in total. The van der Waals surface area contributed by atoms with Crippen LogP contribution in [-0.2, 0) is 14.3 Å². The van der Waals surface area contributed by atoms with Gasteiger partial charge in [-0.25, -0.2) is 9.59 Å². The van der Waals surface area contributed by atoms with Crippen LogP contribution in [-0.4, -0.2) is 11.9 Å². The number of allylic oxidation sites excluding steroid dienone is 6. The number of rotatable bonds is 4. The monoisotopic (exact) mass is 478 g/mol. The fourth-order valence-electron chi connectivity index (χ4n) is 6.75. The van der Waals surface area contributed by atoms with Crippen LogP contribution in [0.3, 0.4) is 0 Å². The van der Waals surface area contributed by atoms with E-state index in [0.717, 1.165) is 88.2 Å². The second-order valence-electron chi connectivity index (χ2n) is 11.4. The third kappa shape index (κ3) is 6.66. The third-order valence-corrected chi connectivity index (χ3v) is 8.75. The Morgan fingerprint density at radius 3 is 1.49 bits per heavy atom. The molecule has 2 unspecified atom stereocenters. The number of esters is 2. The molecular weight excluding hydrogens is 432 g/mol. The maximum absolute atomic E-state index is 13.7. The summed E-state index contributed by atoms with van der Waals surface area (Å²) < 4.78 is 5.84. The van der Waals surface area contributed by atoms with E-state index in [0.29, 0.717) is 0 Å². The highest BCUT2D eigenvalue weighted by atomic mass is 16.6. The smallest absolute Gasteiger partial charge is 0.342 e. The van der Waals surface area contributed by atoms with E-state index >= 15 is 0 Å². The van der Waals surface area contributed by atoms with Crippen molar-refractivity contribution in [2.45, 2.75) is 129 Å². The summed E-state index contributed by atoms with van der Waals surface area (Å²) in [4.78, 5) is 27.4. The van der Waals surface area contributed by atoms with E-state index in [9.17, 15) is 9.59 Å². The molecule has 4 aliphatic rings. The van der Waals surface area contributed by atoms with Crippen LogP contribution in [0.2, 0.25) is 0 Å². The second-order valence-corrected chi connectivity index (χ2v) is 11.4. The minimum atomic E-state index is -0.373. The van der Waals surface area contributed by atoms with Gasteiger partial charge in [-0.1, -0.05) is 51.7 Å². The van der Waals surface area contributed by atoms with Crippen LogP contribution >= 0.6 is 0 Å². The third-order valence-electron chi connectivity index (χ3n) is 8.75. The first-order valence-electron chi connectivity index (χ1n) is 14.7. The maximum Gasteiger partial charge on any atom is 0.342 e. The van der Waals surface area contributed by atoms with Crippen molar-refractivity contribution in [1.82, 2.24) is 0 Å². The molecule has 0 radical (unpaired) electrons. The van der Waals surface area contributed by atoms with Crippen molar-refractivity contribution in [2.24, 2.45) is 11.8 Å². The summed E-state index contributed by atoms with van der Waals surface area (Å²) in [6.45, 7) is 4.30. The van der Waals surface area contributed by atoms with Gasteiger partial charge in [-0.2, -0.15) is 0 Å². The van der Waals surface area contributed by atoms with Crippen molar-refractivity contribution in [3.8, 4) is 0 Å². The summed E-state index contributed by atoms with van der Waals surface area (Å²) in [5, 5.41) is 0. The Morgan fingerprint density at radius 2 is 1.03 bits per heavy atom. The summed E-state index contributed by atoms with van der Waals surface area (Å²) in [7, 11) is 0. The average Bonchev–Trinajstić information content (AvgIpc) is 3.39. The molecule has 0 aromatic rings. The van der Waals surface area contributed by atoms with Gasteiger partial charge in [0.2, 0.25) is 0 Å². The molecular formula is C32H46O3. The molecule has 0 bridgehead atoms. The fraction of sp³-hybridized carbons (Fsp3) is 0.688. The average molecular weight is 479 g/mol. The lowest BCUT2D eigenvalue weighted by Gasteiger charge is -2.21. The minimum absolute atomic E-state index is 0.140. The first kappa shape index (κ1) is 26.2. The zero-order valence-corrected chi connectivity index (χ0v) is 22.3. The highest BCUT2D eigenvalue weighted by Crippen LogP contribution is 2.39. The highest BCUT2D eigenvalue weighted by Gasteiger charge is 2.32. The molecule has 0 amide bonds. The van der Waals surface area contributed by atoms with E-state index in [1.54, 1.807) is 0 Å². The van der Waals surface area contributed by atoms with Crippen molar-refractivity contribution in [1.29, 1.82) is 0 Å². The van der Waals surface area contributed by atoms with Gasteiger partial charge in [-0.15, -0.1) is 0 Å². The summed E-state index contributed by atoms with van der Waals surface area (Å²) >= 11 is 0. The van der Waals surface area contributed by atoms with Crippen LogP contribution in [0.15, 0.2) is 45.6 Å². The molecule has 0 aliphatic heterocycles. The lowest BCUT2D eigenvalue weighted by atomic mass is 9.87. The van der Waals surface area contributed by atoms with Gasteiger partial charge >= 0.3 is 11.9 Å². The number of carbonyl (C=O) groups excluding carboxylic acids is 2. The van der Waals surface area contributed by atoms with Crippen molar-refractivity contribution >= 4 is 11.9 Å². The van der Waals surface area contributed by atoms with Gasteiger partial charge in [0.15, 0.2) is 0 Å². The van der Waals surface area contributed by atoms with Gasteiger partial charge in [0.1, 0.15) is 0 Å². The molecule has 3 heteroatoms. The van der Waals surface area contributed by atoms with Gasteiger partial charge in [0, 0.05) is 11.1 Å². The molecule has 3 nitrogen and oxygen atoms in total. The Kier molecular flexibility index (Phi) is 9.63. The van der Waals surface area contributed by atoms with Crippen LogP contribution in [0.25, 0.3) is 0 Å². The Bertz CT molecular complexity index is 839. The van der Waals surface area contributed by atoms with Crippen LogP contribution in [0.1, 0.15) is 129 Å². The van der Waals surface area contributed by atoms with E-state index in [2.05, 4.69) is 26.0 Å². The van der Waals surface area contributed by atoms with E-state index in [1.807, 2.05) is 0 Å². The molecule has 0 saturated carbocycles. The summed E-state index contributed by atoms with van der Waals surface area (Å²) in [6.07, 6.45) is 24.7. The van der Waals surface area contributed by atoms with Crippen molar-refractivity contribution in [2.75, 3.05) is 0 Å². The number of hydrogen-bond acceptors (Lipinski definition) is 3. The Hall–Kier alpha value is -1.90. The van der Waals surface area contributed by atoms with E-state index < -0.39 is 0 Å². The maximum atomic E-state index is 13.7. The Morgan fingerprint density at radius 1 is 0.600 bits per heavy atom. The highest BCUT2D eigenvalue weighted by molar-refractivity contribution is 6.03. The van der Waals surface area contributed by atoms with Crippen LogP contribution in [0.5, 0.6) is 0 Å². The van der Waals surface area contributed by atoms with E-state index in [4.69, 9.17) is 4.74 Å². The molecule has 192 valence electrons. The summed E-state index contributed by atoms with van der Waals surface area (Å²) in [5.74, 6) is -0.464.